The van der Waals surface area contributed by atoms with Crippen LogP contribution in [0.25, 0.3) is 0 Å². The van der Waals surface area contributed by atoms with Gasteiger partial charge in [-0.15, -0.1) is 0 Å². The molecule has 0 spiro atoms. The van der Waals surface area contributed by atoms with Crippen LogP contribution < -0.4 is 9.47 Å². The lowest BCUT2D eigenvalue weighted by Gasteiger charge is -2.32. The molecule has 5 rings (SSSR count). The van der Waals surface area contributed by atoms with Gasteiger partial charge in [0.15, 0.2) is 0 Å². The molecule has 176 valence electrons. The molecule has 1 aliphatic carbocycles. The monoisotopic (exact) mass is 452 g/mol. The lowest BCUT2D eigenvalue weighted by Crippen LogP contribution is -2.29. The standard InChI is InChI=1S/C27H32O6/c1-27(30,15-17-9-11-31-12-10-17)23-4-2-3-22-21(23)7-8-24(22)33-19-5-6-20-18(13-26(28)29)16-32-25(20)14-19/h2-6,14,17-18,24,30H,7-13,15-16H2,1H3,(H,28,29). The predicted octanol–water partition coefficient (Wildman–Crippen LogP) is 4.73. The van der Waals surface area contributed by atoms with Gasteiger partial charge in [-0.25, -0.2) is 0 Å². The zero-order chi connectivity index (χ0) is 23.0. The van der Waals surface area contributed by atoms with Gasteiger partial charge in [0.25, 0.3) is 0 Å². The van der Waals surface area contributed by atoms with Gasteiger partial charge in [-0.3, -0.25) is 4.79 Å². The number of rotatable bonds is 7. The van der Waals surface area contributed by atoms with Crippen molar-refractivity contribution in [2.75, 3.05) is 19.8 Å². The summed E-state index contributed by atoms with van der Waals surface area (Å²) in [5.74, 6) is 0.989. The van der Waals surface area contributed by atoms with Gasteiger partial charge >= 0.3 is 5.97 Å². The third-order valence-electron chi connectivity index (χ3n) is 7.39. The number of aliphatic hydroxyl groups is 1. The first-order chi connectivity index (χ1) is 15.9. The van der Waals surface area contributed by atoms with Gasteiger partial charge in [0, 0.05) is 30.8 Å². The second-order valence-electron chi connectivity index (χ2n) is 9.86. The number of carbonyl (C=O) groups is 1. The predicted molar refractivity (Wildman–Crippen MR) is 123 cm³/mol. The molecule has 2 aromatic carbocycles. The molecule has 3 unspecified atom stereocenters. The van der Waals surface area contributed by atoms with E-state index in [2.05, 4.69) is 12.1 Å². The first-order valence-electron chi connectivity index (χ1n) is 12.0. The van der Waals surface area contributed by atoms with Gasteiger partial charge in [-0.2, -0.15) is 0 Å². The summed E-state index contributed by atoms with van der Waals surface area (Å²) in [6.07, 6.45) is 4.49. The summed E-state index contributed by atoms with van der Waals surface area (Å²) < 4.78 is 17.6. The highest BCUT2D eigenvalue weighted by molar-refractivity contribution is 5.68. The Labute approximate surface area is 194 Å². The SMILES string of the molecule is CC(O)(CC1CCOCC1)c1cccc2c1CCC2Oc1ccc2c(c1)OCC2CC(=O)O. The van der Waals surface area contributed by atoms with E-state index in [1.165, 1.54) is 5.56 Å². The lowest BCUT2D eigenvalue weighted by molar-refractivity contribution is -0.137. The first kappa shape index (κ1) is 22.2. The van der Waals surface area contributed by atoms with Crippen LogP contribution in [0.1, 0.15) is 73.3 Å². The number of ether oxygens (including phenoxy) is 3. The number of carboxylic acids is 1. The molecular weight excluding hydrogens is 420 g/mol. The summed E-state index contributed by atoms with van der Waals surface area (Å²) in [5, 5.41) is 20.5. The summed E-state index contributed by atoms with van der Waals surface area (Å²) >= 11 is 0. The maximum Gasteiger partial charge on any atom is 0.304 e. The largest absolute Gasteiger partial charge is 0.492 e. The maximum atomic E-state index is 11.4. The van der Waals surface area contributed by atoms with E-state index in [0.717, 1.165) is 67.8 Å². The Bertz CT molecular complexity index is 1020. The molecule has 2 aliphatic heterocycles. The minimum atomic E-state index is -0.872. The summed E-state index contributed by atoms with van der Waals surface area (Å²) in [7, 11) is 0. The van der Waals surface area contributed by atoms with Crippen LogP contribution in [0.15, 0.2) is 36.4 Å². The fourth-order valence-corrected chi connectivity index (χ4v) is 5.74. The molecule has 3 atom stereocenters. The molecule has 6 nitrogen and oxygen atoms in total. The van der Waals surface area contributed by atoms with Crippen LogP contribution in [0.4, 0.5) is 0 Å². The molecule has 2 heterocycles. The third-order valence-corrected chi connectivity index (χ3v) is 7.39. The van der Waals surface area contributed by atoms with Crippen LogP contribution in [-0.2, 0) is 21.6 Å². The molecule has 0 bridgehead atoms. The van der Waals surface area contributed by atoms with Crippen LogP contribution in [0, 0.1) is 5.92 Å². The average molecular weight is 453 g/mol. The van der Waals surface area contributed by atoms with Crippen LogP contribution in [0.3, 0.4) is 0 Å². The zero-order valence-corrected chi connectivity index (χ0v) is 19.1. The van der Waals surface area contributed by atoms with E-state index in [1.54, 1.807) is 0 Å². The maximum absolute atomic E-state index is 11.4. The second-order valence-corrected chi connectivity index (χ2v) is 9.86. The number of carboxylic acid groups (broad SMARTS) is 1. The molecule has 0 aromatic heterocycles. The van der Waals surface area contributed by atoms with Gasteiger partial charge in [0.05, 0.1) is 18.6 Å². The van der Waals surface area contributed by atoms with Crippen LogP contribution in [-0.4, -0.2) is 36.0 Å². The quantitative estimate of drug-likeness (QED) is 0.632. The molecule has 0 saturated carbocycles. The number of hydrogen-bond acceptors (Lipinski definition) is 5. The van der Waals surface area contributed by atoms with Crippen molar-refractivity contribution >= 4 is 5.97 Å². The number of hydrogen-bond donors (Lipinski definition) is 2. The fourth-order valence-electron chi connectivity index (χ4n) is 5.74. The number of aliphatic carboxylic acids is 1. The number of fused-ring (bicyclic) bond motifs is 2. The van der Waals surface area contributed by atoms with Crippen molar-refractivity contribution in [2.45, 2.75) is 63.1 Å². The minimum Gasteiger partial charge on any atom is -0.492 e. The van der Waals surface area contributed by atoms with E-state index < -0.39 is 11.6 Å². The Hall–Kier alpha value is -2.57. The van der Waals surface area contributed by atoms with Gasteiger partial charge in [0.2, 0.25) is 0 Å². The molecule has 0 radical (unpaired) electrons. The van der Waals surface area contributed by atoms with Gasteiger partial charge < -0.3 is 24.4 Å². The highest BCUT2D eigenvalue weighted by atomic mass is 16.5. The molecule has 33 heavy (non-hydrogen) atoms. The van der Waals surface area contributed by atoms with Crippen molar-refractivity contribution in [3.63, 3.8) is 0 Å². The van der Waals surface area contributed by atoms with Crippen molar-refractivity contribution in [2.24, 2.45) is 5.92 Å². The molecule has 2 aromatic rings. The van der Waals surface area contributed by atoms with E-state index in [0.29, 0.717) is 18.3 Å². The van der Waals surface area contributed by atoms with Crippen molar-refractivity contribution < 1.29 is 29.2 Å². The van der Waals surface area contributed by atoms with Crippen LogP contribution >= 0.6 is 0 Å². The molecule has 1 saturated heterocycles. The van der Waals surface area contributed by atoms with E-state index >= 15 is 0 Å². The van der Waals surface area contributed by atoms with Crippen LogP contribution in [0.2, 0.25) is 0 Å². The molecule has 2 N–H and O–H groups in total. The minimum absolute atomic E-state index is 0.0692. The number of benzene rings is 2. The van der Waals surface area contributed by atoms with E-state index in [-0.39, 0.29) is 18.4 Å². The normalized spacial score (nSPS) is 23.9. The van der Waals surface area contributed by atoms with Crippen LogP contribution in [0.5, 0.6) is 11.5 Å². The summed E-state index contributed by atoms with van der Waals surface area (Å²) in [6.45, 7) is 3.90. The van der Waals surface area contributed by atoms with Crippen molar-refractivity contribution in [1.29, 1.82) is 0 Å². The van der Waals surface area contributed by atoms with E-state index in [1.807, 2.05) is 31.2 Å². The Balaban J connectivity index is 1.32. The second kappa shape index (κ2) is 8.99. The highest BCUT2D eigenvalue weighted by Gasteiger charge is 2.35. The third kappa shape index (κ3) is 4.59. The summed E-state index contributed by atoms with van der Waals surface area (Å²) in [5.41, 5.74) is 3.43. The topological polar surface area (TPSA) is 85.2 Å². The zero-order valence-electron chi connectivity index (χ0n) is 19.1. The van der Waals surface area contributed by atoms with Gasteiger partial charge in [0.1, 0.15) is 17.6 Å². The lowest BCUT2D eigenvalue weighted by atomic mass is 9.80. The highest BCUT2D eigenvalue weighted by Crippen LogP contribution is 2.44. The molecular formula is C27H32O6. The van der Waals surface area contributed by atoms with Gasteiger partial charge in [-0.1, -0.05) is 24.3 Å². The summed E-state index contributed by atoms with van der Waals surface area (Å²) in [6, 6.07) is 11.9. The Kier molecular flexibility index (Phi) is 6.06. The Morgan fingerprint density at radius 1 is 1.15 bits per heavy atom. The van der Waals surface area contributed by atoms with Gasteiger partial charge in [-0.05, 0) is 67.7 Å². The van der Waals surface area contributed by atoms with Crippen molar-refractivity contribution in [1.82, 2.24) is 0 Å². The molecule has 0 amide bonds. The Morgan fingerprint density at radius 2 is 1.97 bits per heavy atom. The molecule has 6 heteroatoms. The van der Waals surface area contributed by atoms with Crippen molar-refractivity contribution in [3.05, 3.63) is 58.7 Å². The average Bonchev–Trinajstić information content (AvgIpc) is 3.38. The summed E-state index contributed by atoms with van der Waals surface area (Å²) in [4.78, 5) is 11.1. The van der Waals surface area contributed by atoms with E-state index in [9.17, 15) is 9.90 Å². The molecule has 1 fully saturated rings. The molecule has 3 aliphatic rings. The van der Waals surface area contributed by atoms with Crippen molar-refractivity contribution in [3.8, 4) is 11.5 Å². The van der Waals surface area contributed by atoms with E-state index in [4.69, 9.17) is 19.3 Å². The smallest absolute Gasteiger partial charge is 0.304 e. The fraction of sp³-hybridized carbons (Fsp3) is 0.519. The Morgan fingerprint density at radius 3 is 2.76 bits per heavy atom. The first-order valence-corrected chi connectivity index (χ1v) is 12.0.